The van der Waals surface area contributed by atoms with E-state index >= 15 is 0 Å². The first-order valence-corrected chi connectivity index (χ1v) is 6.46. The van der Waals surface area contributed by atoms with E-state index in [0.29, 0.717) is 17.7 Å². The maximum Gasteiger partial charge on any atom is 0.132 e. The molecule has 0 amide bonds. The largest absolute Gasteiger partial charge is 0.488 e. The summed E-state index contributed by atoms with van der Waals surface area (Å²) in [6.45, 7) is 1.63. The van der Waals surface area contributed by atoms with Crippen molar-refractivity contribution in [1.82, 2.24) is 0 Å². The third-order valence-corrected chi connectivity index (χ3v) is 3.10. The van der Waals surface area contributed by atoms with Crippen LogP contribution in [0.3, 0.4) is 0 Å². The summed E-state index contributed by atoms with van der Waals surface area (Å²) in [5.74, 6) is -0.846. The average Bonchev–Trinajstić information content (AvgIpc) is 2.46. The van der Waals surface area contributed by atoms with Gasteiger partial charge in [0.05, 0.1) is 11.7 Å². The van der Waals surface area contributed by atoms with Crippen LogP contribution in [0.15, 0.2) is 42.5 Å². The molecular weight excluding hydrogens is 262 g/mol. The molecule has 20 heavy (non-hydrogen) atoms. The number of halogens is 2. The molecule has 2 rings (SSSR count). The lowest BCUT2D eigenvalue weighted by Gasteiger charge is -2.15. The van der Waals surface area contributed by atoms with E-state index in [9.17, 15) is 13.9 Å². The van der Waals surface area contributed by atoms with Crippen molar-refractivity contribution in [2.75, 3.05) is 0 Å². The lowest BCUT2D eigenvalue weighted by Crippen LogP contribution is -2.05. The first-order chi connectivity index (χ1) is 9.63. The van der Waals surface area contributed by atoms with E-state index in [1.165, 1.54) is 18.2 Å². The van der Waals surface area contributed by atoms with E-state index in [-0.39, 0.29) is 12.2 Å². The molecule has 0 radical (unpaired) electrons. The van der Waals surface area contributed by atoms with Crippen LogP contribution < -0.4 is 4.74 Å². The second-order valence-electron chi connectivity index (χ2n) is 4.45. The van der Waals surface area contributed by atoms with Crippen molar-refractivity contribution in [3.05, 3.63) is 65.2 Å². The van der Waals surface area contributed by atoms with Crippen LogP contribution >= 0.6 is 0 Å². The van der Waals surface area contributed by atoms with Gasteiger partial charge in [0.1, 0.15) is 24.0 Å². The molecule has 106 valence electrons. The van der Waals surface area contributed by atoms with Crippen molar-refractivity contribution in [2.45, 2.75) is 26.1 Å². The Hall–Kier alpha value is -1.94. The van der Waals surface area contributed by atoms with E-state index in [1.807, 2.05) is 6.92 Å². The Labute approximate surface area is 116 Å². The fourth-order valence-corrected chi connectivity index (χ4v) is 1.93. The monoisotopic (exact) mass is 278 g/mol. The molecule has 4 heteroatoms. The van der Waals surface area contributed by atoms with Crippen LogP contribution in [0.5, 0.6) is 5.75 Å². The summed E-state index contributed by atoms with van der Waals surface area (Å²) in [5.41, 5.74) is 0.500. The highest BCUT2D eigenvalue weighted by atomic mass is 19.1. The highest BCUT2D eigenvalue weighted by Crippen LogP contribution is 2.28. The van der Waals surface area contributed by atoms with Gasteiger partial charge in [-0.15, -0.1) is 0 Å². The van der Waals surface area contributed by atoms with Crippen molar-refractivity contribution >= 4 is 0 Å². The lowest BCUT2D eigenvalue weighted by atomic mass is 10.1. The smallest absolute Gasteiger partial charge is 0.132 e. The molecule has 0 saturated carbocycles. The third kappa shape index (κ3) is 3.14. The van der Waals surface area contributed by atoms with E-state index < -0.39 is 17.7 Å². The zero-order valence-electron chi connectivity index (χ0n) is 11.1. The SMILES string of the molecule is CC[C@@H](O)c1ccccc1OCc1c(F)cccc1F. The van der Waals surface area contributed by atoms with Crippen molar-refractivity contribution < 1.29 is 18.6 Å². The summed E-state index contributed by atoms with van der Waals surface area (Å²) in [7, 11) is 0. The molecule has 2 aromatic carbocycles. The molecule has 2 aromatic rings. The normalized spacial score (nSPS) is 12.2. The fourth-order valence-electron chi connectivity index (χ4n) is 1.93. The lowest BCUT2D eigenvalue weighted by molar-refractivity contribution is 0.166. The fraction of sp³-hybridized carbons (Fsp3) is 0.250. The minimum absolute atomic E-state index is 0.117. The van der Waals surface area contributed by atoms with Gasteiger partial charge in [-0.05, 0) is 24.6 Å². The van der Waals surface area contributed by atoms with Crippen molar-refractivity contribution in [1.29, 1.82) is 0 Å². The molecule has 0 aliphatic heterocycles. The predicted molar refractivity (Wildman–Crippen MR) is 72.4 cm³/mol. The molecule has 1 atom stereocenters. The van der Waals surface area contributed by atoms with Gasteiger partial charge in [-0.25, -0.2) is 8.78 Å². The average molecular weight is 278 g/mol. The molecule has 0 aliphatic rings. The minimum Gasteiger partial charge on any atom is -0.488 e. The quantitative estimate of drug-likeness (QED) is 0.896. The molecule has 0 heterocycles. The van der Waals surface area contributed by atoms with Gasteiger partial charge >= 0.3 is 0 Å². The van der Waals surface area contributed by atoms with Gasteiger partial charge in [-0.3, -0.25) is 0 Å². The minimum atomic E-state index is -0.656. The van der Waals surface area contributed by atoms with Gasteiger partial charge in [0.2, 0.25) is 0 Å². The Morgan fingerprint density at radius 1 is 1.05 bits per heavy atom. The van der Waals surface area contributed by atoms with Crippen LogP contribution in [0.2, 0.25) is 0 Å². The van der Waals surface area contributed by atoms with Gasteiger partial charge in [0.25, 0.3) is 0 Å². The second-order valence-corrected chi connectivity index (χ2v) is 4.45. The number of hydrogen-bond donors (Lipinski definition) is 1. The van der Waals surface area contributed by atoms with E-state index in [1.54, 1.807) is 24.3 Å². The molecule has 0 saturated heterocycles. The van der Waals surface area contributed by atoms with Gasteiger partial charge in [-0.2, -0.15) is 0 Å². The molecule has 0 spiro atoms. The van der Waals surface area contributed by atoms with Crippen LogP contribution in [-0.4, -0.2) is 5.11 Å². The highest BCUT2D eigenvalue weighted by molar-refractivity contribution is 5.35. The maximum absolute atomic E-state index is 13.5. The standard InChI is InChI=1S/C16H16F2O2/c1-2-15(19)11-6-3-4-9-16(11)20-10-12-13(17)7-5-8-14(12)18/h3-9,15,19H,2,10H2,1H3/t15-/m1/s1. The number of para-hydroxylation sites is 1. The van der Waals surface area contributed by atoms with E-state index in [0.717, 1.165) is 0 Å². The van der Waals surface area contributed by atoms with Crippen LogP contribution in [0.4, 0.5) is 8.78 Å². The predicted octanol–water partition coefficient (Wildman–Crippen LogP) is 3.99. The topological polar surface area (TPSA) is 29.5 Å². The van der Waals surface area contributed by atoms with Crippen molar-refractivity contribution in [3.63, 3.8) is 0 Å². The van der Waals surface area contributed by atoms with Crippen molar-refractivity contribution in [2.24, 2.45) is 0 Å². The molecule has 0 fully saturated rings. The number of rotatable bonds is 5. The first-order valence-electron chi connectivity index (χ1n) is 6.46. The third-order valence-electron chi connectivity index (χ3n) is 3.10. The van der Waals surface area contributed by atoms with Crippen LogP contribution in [0.1, 0.15) is 30.6 Å². The maximum atomic E-state index is 13.5. The van der Waals surface area contributed by atoms with E-state index in [2.05, 4.69) is 0 Å². The summed E-state index contributed by atoms with van der Waals surface area (Å²) < 4.78 is 32.5. The number of ether oxygens (including phenoxy) is 1. The Balaban J connectivity index is 2.19. The first kappa shape index (κ1) is 14.5. The molecule has 0 bridgehead atoms. The Bertz CT molecular complexity index is 564. The molecule has 1 N–H and O–H groups in total. The summed E-state index contributed by atoms with van der Waals surface area (Å²) in [6.07, 6.45) is -0.120. The summed E-state index contributed by atoms with van der Waals surface area (Å²) in [5, 5.41) is 9.89. The molecule has 0 unspecified atom stereocenters. The van der Waals surface area contributed by atoms with Crippen LogP contribution in [0, 0.1) is 11.6 Å². The van der Waals surface area contributed by atoms with Gasteiger partial charge in [0.15, 0.2) is 0 Å². The van der Waals surface area contributed by atoms with Crippen LogP contribution in [-0.2, 0) is 6.61 Å². The van der Waals surface area contributed by atoms with Crippen LogP contribution in [0.25, 0.3) is 0 Å². The molecule has 2 nitrogen and oxygen atoms in total. The number of aliphatic hydroxyl groups is 1. The van der Waals surface area contributed by atoms with Gasteiger partial charge in [0, 0.05) is 5.56 Å². The Morgan fingerprint density at radius 3 is 2.35 bits per heavy atom. The summed E-state index contributed by atoms with van der Waals surface area (Å²) in [4.78, 5) is 0. The van der Waals surface area contributed by atoms with Gasteiger partial charge in [-0.1, -0.05) is 31.2 Å². The van der Waals surface area contributed by atoms with Crippen molar-refractivity contribution in [3.8, 4) is 5.75 Å². The number of aliphatic hydroxyl groups excluding tert-OH is 1. The summed E-state index contributed by atoms with van der Waals surface area (Å²) in [6, 6.07) is 10.6. The second kappa shape index (κ2) is 6.48. The number of hydrogen-bond acceptors (Lipinski definition) is 2. The number of benzene rings is 2. The molecule has 0 aromatic heterocycles. The molecule has 0 aliphatic carbocycles. The highest BCUT2D eigenvalue weighted by Gasteiger charge is 2.13. The zero-order valence-corrected chi connectivity index (χ0v) is 11.1. The van der Waals surface area contributed by atoms with Gasteiger partial charge < -0.3 is 9.84 Å². The molecular formula is C16H16F2O2. The van der Waals surface area contributed by atoms with E-state index in [4.69, 9.17) is 4.74 Å². The Morgan fingerprint density at radius 2 is 1.70 bits per heavy atom. The Kier molecular flexibility index (Phi) is 4.69. The zero-order chi connectivity index (χ0) is 14.5. The summed E-state index contributed by atoms with van der Waals surface area (Å²) >= 11 is 0.